The molecule has 0 saturated heterocycles. The molecule has 3 heteroatoms. The molecule has 14 heavy (non-hydrogen) atoms. The number of rotatable bonds is 2. The van der Waals surface area contributed by atoms with Gasteiger partial charge in [-0.05, 0) is 19.4 Å². The molecule has 0 fully saturated rings. The molecule has 1 aromatic carbocycles. The molecule has 3 nitrogen and oxygen atoms in total. The number of benzene rings is 1. The quantitative estimate of drug-likeness (QED) is 0.728. The third kappa shape index (κ3) is 1.38. The lowest BCUT2D eigenvalue weighted by Gasteiger charge is -2.14. The van der Waals surface area contributed by atoms with E-state index in [1.807, 2.05) is 13.0 Å². The van der Waals surface area contributed by atoms with E-state index in [0.29, 0.717) is 0 Å². The van der Waals surface area contributed by atoms with Crippen LogP contribution in [0.25, 0.3) is 0 Å². The van der Waals surface area contributed by atoms with Crippen molar-refractivity contribution in [2.45, 2.75) is 26.0 Å². The van der Waals surface area contributed by atoms with Gasteiger partial charge in [-0.15, -0.1) is 0 Å². The fraction of sp³-hybridized carbons (Fsp3) is 0.455. The summed E-state index contributed by atoms with van der Waals surface area (Å²) >= 11 is 0. The molecule has 0 amide bonds. The van der Waals surface area contributed by atoms with Crippen LogP contribution < -0.4 is 10.2 Å². The molecule has 0 saturated carbocycles. The molecule has 76 valence electrons. The Kier molecular flexibility index (Phi) is 2.44. The monoisotopic (exact) mass is 193 g/mol. The van der Waals surface area contributed by atoms with Gasteiger partial charge < -0.3 is 9.57 Å². The molecule has 0 aliphatic carbocycles. The zero-order valence-electron chi connectivity index (χ0n) is 8.70. The van der Waals surface area contributed by atoms with Crippen molar-refractivity contribution in [1.82, 2.24) is 5.48 Å². The van der Waals surface area contributed by atoms with Gasteiger partial charge in [0.05, 0.1) is 13.2 Å². The molecule has 1 aromatic rings. The Balaban J connectivity index is 2.37. The van der Waals surface area contributed by atoms with Gasteiger partial charge in [0, 0.05) is 5.56 Å². The summed E-state index contributed by atoms with van der Waals surface area (Å²) in [6.07, 6.45) is 0.117. The third-order valence-corrected chi connectivity index (χ3v) is 2.60. The van der Waals surface area contributed by atoms with Gasteiger partial charge >= 0.3 is 0 Å². The van der Waals surface area contributed by atoms with Gasteiger partial charge in [0.25, 0.3) is 0 Å². The zero-order chi connectivity index (χ0) is 10.1. The summed E-state index contributed by atoms with van der Waals surface area (Å²) in [5, 5.41) is 0. The van der Waals surface area contributed by atoms with Crippen molar-refractivity contribution in [1.29, 1.82) is 0 Å². The highest BCUT2D eigenvalue weighted by atomic mass is 16.6. The van der Waals surface area contributed by atoms with Crippen LogP contribution >= 0.6 is 0 Å². The number of hydrogen-bond donors (Lipinski definition) is 1. The van der Waals surface area contributed by atoms with E-state index < -0.39 is 0 Å². The molecule has 1 N–H and O–H groups in total. The minimum Gasteiger partial charge on any atom is -0.488 e. The maximum atomic E-state index is 5.76. The topological polar surface area (TPSA) is 30.5 Å². The molecule has 0 aromatic heterocycles. The Hall–Kier alpha value is -1.06. The molecule has 0 spiro atoms. The third-order valence-electron chi connectivity index (χ3n) is 2.60. The van der Waals surface area contributed by atoms with E-state index in [2.05, 4.69) is 24.5 Å². The molecule has 0 bridgehead atoms. The Morgan fingerprint density at radius 2 is 2.21 bits per heavy atom. The fourth-order valence-electron chi connectivity index (χ4n) is 1.87. The van der Waals surface area contributed by atoms with Crippen molar-refractivity contribution in [3.8, 4) is 5.75 Å². The lowest BCUT2D eigenvalue weighted by atomic mass is 10.0. The number of ether oxygens (including phenoxy) is 1. The normalized spacial score (nSPS) is 24.5. The predicted octanol–water partition coefficient (Wildman–Crippen LogP) is 1.97. The van der Waals surface area contributed by atoms with Crippen LogP contribution in [-0.2, 0) is 4.84 Å². The Morgan fingerprint density at radius 3 is 2.93 bits per heavy atom. The minimum atomic E-state index is 0.117. The highest BCUT2D eigenvalue weighted by Crippen LogP contribution is 2.38. The van der Waals surface area contributed by atoms with Crippen molar-refractivity contribution >= 4 is 0 Å². The molecule has 2 unspecified atom stereocenters. The van der Waals surface area contributed by atoms with Crippen molar-refractivity contribution in [3.05, 3.63) is 29.3 Å². The lowest BCUT2D eigenvalue weighted by Crippen LogP contribution is -2.27. The summed E-state index contributed by atoms with van der Waals surface area (Å²) in [6, 6.07) is 6.30. The van der Waals surface area contributed by atoms with Crippen LogP contribution in [0.2, 0.25) is 0 Å². The summed E-state index contributed by atoms with van der Waals surface area (Å²) < 4.78 is 5.76. The molecule has 2 atom stereocenters. The van der Waals surface area contributed by atoms with Crippen LogP contribution in [0.15, 0.2) is 18.2 Å². The molecule has 2 rings (SSSR count). The minimum absolute atomic E-state index is 0.117. The van der Waals surface area contributed by atoms with Crippen molar-refractivity contribution in [3.63, 3.8) is 0 Å². The van der Waals surface area contributed by atoms with Crippen LogP contribution in [0.4, 0.5) is 0 Å². The number of hydrogen-bond acceptors (Lipinski definition) is 3. The number of nitrogens with one attached hydrogen (secondary N) is 1. The van der Waals surface area contributed by atoms with Gasteiger partial charge in [-0.2, -0.15) is 5.48 Å². The molecule has 0 radical (unpaired) electrons. The van der Waals surface area contributed by atoms with Crippen molar-refractivity contribution < 1.29 is 9.57 Å². The van der Waals surface area contributed by atoms with Crippen molar-refractivity contribution in [2.24, 2.45) is 0 Å². The number of aryl methyl sites for hydroxylation is 1. The Labute approximate surface area is 84.0 Å². The van der Waals surface area contributed by atoms with E-state index in [0.717, 1.165) is 5.75 Å². The Bertz CT molecular complexity index is 338. The number of para-hydroxylation sites is 1. The van der Waals surface area contributed by atoms with E-state index in [-0.39, 0.29) is 12.1 Å². The maximum absolute atomic E-state index is 5.76. The summed E-state index contributed by atoms with van der Waals surface area (Å²) in [5.74, 6) is 0.995. The van der Waals surface area contributed by atoms with E-state index >= 15 is 0 Å². The van der Waals surface area contributed by atoms with E-state index in [4.69, 9.17) is 9.57 Å². The Morgan fingerprint density at radius 1 is 1.43 bits per heavy atom. The number of hydroxylamine groups is 1. The van der Waals surface area contributed by atoms with Crippen molar-refractivity contribution in [2.75, 3.05) is 7.11 Å². The molecular weight excluding hydrogens is 178 g/mol. The average Bonchev–Trinajstić information content (AvgIpc) is 2.47. The first kappa shape index (κ1) is 9.49. The second-order valence-corrected chi connectivity index (χ2v) is 3.62. The first-order valence-corrected chi connectivity index (χ1v) is 4.78. The van der Waals surface area contributed by atoms with Gasteiger partial charge in [-0.25, -0.2) is 0 Å². The largest absolute Gasteiger partial charge is 0.488 e. The maximum Gasteiger partial charge on any atom is 0.127 e. The molecule has 1 heterocycles. The van der Waals surface area contributed by atoms with Gasteiger partial charge in [-0.3, -0.25) is 0 Å². The molecular formula is C11H15NO2. The SMILES string of the molecule is CONC1c2cccc(C)c2OC1C. The van der Waals surface area contributed by atoms with Gasteiger partial charge in [-0.1, -0.05) is 18.2 Å². The average molecular weight is 193 g/mol. The van der Waals surface area contributed by atoms with Gasteiger partial charge in [0.2, 0.25) is 0 Å². The summed E-state index contributed by atoms with van der Waals surface area (Å²) in [4.78, 5) is 4.96. The lowest BCUT2D eigenvalue weighted by molar-refractivity contribution is 0.0338. The second kappa shape index (κ2) is 3.59. The van der Waals surface area contributed by atoms with Crippen LogP contribution in [0.3, 0.4) is 0 Å². The summed E-state index contributed by atoms with van der Waals surface area (Å²) in [7, 11) is 1.63. The predicted molar refractivity (Wildman–Crippen MR) is 54.2 cm³/mol. The first-order valence-electron chi connectivity index (χ1n) is 4.78. The van der Waals surface area contributed by atoms with E-state index in [1.165, 1.54) is 11.1 Å². The van der Waals surface area contributed by atoms with E-state index in [1.54, 1.807) is 7.11 Å². The fourth-order valence-corrected chi connectivity index (χ4v) is 1.87. The molecule has 1 aliphatic rings. The van der Waals surface area contributed by atoms with Crippen LogP contribution in [0.5, 0.6) is 5.75 Å². The number of fused-ring (bicyclic) bond motifs is 1. The zero-order valence-corrected chi connectivity index (χ0v) is 8.70. The second-order valence-electron chi connectivity index (χ2n) is 3.62. The summed E-state index contributed by atoms with van der Waals surface area (Å²) in [5.41, 5.74) is 5.31. The van der Waals surface area contributed by atoms with Crippen LogP contribution in [-0.4, -0.2) is 13.2 Å². The van der Waals surface area contributed by atoms with Crippen LogP contribution in [0, 0.1) is 6.92 Å². The van der Waals surface area contributed by atoms with E-state index in [9.17, 15) is 0 Å². The van der Waals surface area contributed by atoms with Crippen LogP contribution in [0.1, 0.15) is 24.1 Å². The summed E-state index contributed by atoms with van der Waals surface area (Å²) in [6.45, 7) is 4.09. The first-order chi connectivity index (χ1) is 6.74. The molecule has 1 aliphatic heterocycles. The highest BCUT2D eigenvalue weighted by molar-refractivity contribution is 5.46. The van der Waals surface area contributed by atoms with Gasteiger partial charge in [0.1, 0.15) is 11.9 Å². The highest BCUT2D eigenvalue weighted by Gasteiger charge is 2.31. The smallest absolute Gasteiger partial charge is 0.127 e. The van der Waals surface area contributed by atoms with Gasteiger partial charge in [0.15, 0.2) is 0 Å². The standard InChI is InChI=1S/C11H15NO2/c1-7-5-4-6-9-10(12-13-3)8(2)14-11(7)9/h4-6,8,10,12H,1-3H3.